The summed E-state index contributed by atoms with van der Waals surface area (Å²) >= 11 is 0. The van der Waals surface area contributed by atoms with E-state index in [1.165, 1.54) is 6.20 Å². The van der Waals surface area contributed by atoms with Gasteiger partial charge in [-0.3, -0.25) is 0 Å². The van der Waals surface area contributed by atoms with E-state index >= 15 is 0 Å². The zero-order chi connectivity index (χ0) is 16.1. The molecular weight excluding hydrogens is 282 g/mol. The fourth-order valence-electron chi connectivity index (χ4n) is 1.99. The summed E-state index contributed by atoms with van der Waals surface area (Å²) < 4.78 is 5.40. The van der Waals surface area contributed by atoms with Crippen molar-refractivity contribution in [3.8, 4) is 17.1 Å². The van der Waals surface area contributed by atoms with Gasteiger partial charge in [-0.25, -0.2) is 9.78 Å². The molecule has 1 aromatic carbocycles. The maximum Gasteiger partial charge on any atom is 0.355 e. The van der Waals surface area contributed by atoms with E-state index in [0.29, 0.717) is 18.7 Å². The Kier molecular flexibility index (Phi) is 5.06. The molecule has 2 aromatic rings. The lowest BCUT2D eigenvalue weighted by Gasteiger charge is -2.12. The van der Waals surface area contributed by atoms with Crippen molar-refractivity contribution < 1.29 is 14.6 Å². The predicted molar refractivity (Wildman–Crippen MR) is 83.2 cm³/mol. The lowest BCUT2D eigenvalue weighted by Crippen LogP contribution is -2.20. The number of ether oxygens (including phenoxy) is 1. The number of carbonyl (C=O) groups is 1. The maximum absolute atomic E-state index is 11.5. The summed E-state index contributed by atoms with van der Waals surface area (Å²) in [6.07, 6.45) is 1.50. The maximum atomic E-state index is 11.5. The van der Waals surface area contributed by atoms with Gasteiger partial charge in [-0.15, -0.1) is 0 Å². The van der Waals surface area contributed by atoms with Crippen molar-refractivity contribution in [2.45, 2.75) is 6.92 Å². The quantitative estimate of drug-likeness (QED) is 0.880. The number of aromatic nitrogens is 2. The monoisotopic (exact) mass is 301 g/mol. The molecule has 1 aromatic heterocycles. The van der Waals surface area contributed by atoms with Crippen molar-refractivity contribution in [1.29, 1.82) is 0 Å². The van der Waals surface area contributed by atoms with Crippen LogP contribution in [0, 0.1) is 6.92 Å². The molecule has 6 nitrogen and oxygen atoms in total. The molecule has 0 amide bonds. The second-order valence-corrected chi connectivity index (χ2v) is 5.19. The van der Waals surface area contributed by atoms with E-state index in [2.05, 4.69) is 9.97 Å². The first-order valence-electron chi connectivity index (χ1n) is 6.93. The molecule has 0 atom stereocenters. The number of benzene rings is 1. The summed E-state index contributed by atoms with van der Waals surface area (Å²) in [5.74, 6) is -1.10. The third kappa shape index (κ3) is 3.79. The van der Waals surface area contributed by atoms with E-state index in [9.17, 15) is 9.90 Å². The second kappa shape index (κ2) is 7.00. The number of hydrogen-bond donors (Lipinski definition) is 1. The first kappa shape index (κ1) is 15.9. The summed E-state index contributed by atoms with van der Waals surface area (Å²) in [5, 5.41) is 9.40. The minimum Gasteiger partial charge on any atom is -0.476 e. The Bertz CT molecular complexity index is 671. The first-order chi connectivity index (χ1) is 10.5. The molecule has 0 saturated heterocycles. The lowest BCUT2D eigenvalue weighted by molar-refractivity contribution is 0.0689. The number of hydrogen-bond acceptors (Lipinski definition) is 5. The van der Waals surface area contributed by atoms with Crippen molar-refractivity contribution in [3.63, 3.8) is 0 Å². The number of aryl methyl sites for hydroxylation is 1. The van der Waals surface area contributed by atoms with Gasteiger partial charge in [0, 0.05) is 18.3 Å². The zero-order valence-corrected chi connectivity index (χ0v) is 12.9. The lowest BCUT2D eigenvalue weighted by atomic mass is 10.0. The van der Waals surface area contributed by atoms with E-state index in [4.69, 9.17) is 4.74 Å². The molecule has 0 fully saturated rings. The average molecular weight is 301 g/mol. The zero-order valence-electron chi connectivity index (χ0n) is 12.9. The molecule has 6 heteroatoms. The summed E-state index contributed by atoms with van der Waals surface area (Å²) in [4.78, 5) is 21.6. The van der Waals surface area contributed by atoms with Gasteiger partial charge in [-0.1, -0.05) is 24.3 Å². The van der Waals surface area contributed by atoms with Crippen LogP contribution in [0.2, 0.25) is 0 Å². The van der Waals surface area contributed by atoms with Crippen LogP contribution in [0.3, 0.4) is 0 Å². The minimum absolute atomic E-state index is 0.0517. The Morgan fingerprint density at radius 3 is 2.64 bits per heavy atom. The van der Waals surface area contributed by atoms with Crippen LogP contribution in [0.15, 0.2) is 30.5 Å². The molecule has 0 aliphatic heterocycles. The Labute approximate surface area is 129 Å². The standard InChI is InChI=1S/C16H19N3O3/c1-11-6-4-5-7-12(11)13-10-17-16(18-14(13)15(20)21)22-9-8-19(2)3/h4-7,10H,8-9H2,1-3H3,(H,20,21). The molecule has 0 unspecified atom stereocenters. The van der Waals surface area contributed by atoms with Crippen LogP contribution < -0.4 is 4.74 Å². The SMILES string of the molecule is Cc1ccccc1-c1cnc(OCCN(C)C)nc1C(=O)O. The summed E-state index contributed by atoms with van der Waals surface area (Å²) in [6, 6.07) is 7.61. The first-order valence-corrected chi connectivity index (χ1v) is 6.93. The van der Waals surface area contributed by atoms with E-state index in [0.717, 1.165) is 11.1 Å². The second-order valence-electron chi connectivity index (χ2n) is 5.19. The van der Waals surface area contributed by atoms with Crippen molar-refractivity contribution in [3.05, 3.63) is 41.7 Å². The van der Waals surface area contributed by atoms with Gasteiger partial charge in [0.2, 0.25) is 0 Å². The third-order valence-electron chi connectivity index (χ3n) is 3.17. The highest BCUT2D eigenvalue weighted by Gasteiger charge is 2.17. The van der Waals surface area contributed by atoms with Crippen molar-refractivity contribution in [1.82, 2.24) is 14.9 Å². The molecule has 0 saturated carbocycles. The fourth-order valence-corrected chi connectivity index (χ4v) is 1.99. The highest BCUT2D eigenvalue weighted by molar-refractivity contribution is 5.94. The number of rotatable bonds is 6. The van der Waals surface area contributed by atoms with Gasteiger partial charge in [0.1, 0.15) is 6.61 Å². The Balaban J connectivity index is 2.32. The predicted octanol–water partition coefficient (Wildman–Crippen LogP) is 2.09. The highest BCUT2D eigenvalue weighted by atomic mass is 16.5. The highest BCUT2D eigenvalue weighted by Crippen LogP contribution is 2.26. The molecule has 2 rings (SSSR count). The van der Waals surface area contributed by atoms with Gasteiger partial charge in [-0.05, 0) is 32.1 Å². The Morgan fingerprint density at radius 2 is 2.00 bits per heavy atom. The Morgan fingerprint density at radius 1 is 1.27 bits per heavy atom. The van der Waals surface area contributed by atoms with Gasteiger partial charge in [0.05, 0.1) is 0 Å². The number of likely N-dealkylation sites (N-methyl/N-ethyl adjacent to an activating group) is 1. The van der Waals surface area contributed by atoms with Crippen LogP contribution in [-0.4, -0.2) is 53.2 Å². The van der Waals surface area contributed by atoms with Crippen LogP contribution >= 0.6 is 0 Å². The third-order valence-corrected chi connectivity index (χ3v) is 3.17. The van der Waals surface area contributed by atoms with Gasteiger partial charge in [0.25, 0.3) is 0 Å². The molecule has 0 aliphatic carbocycles. The van der Waals surface area contributed by atoms with E-state index < -0.39 is 5.97 Å². The van der Waals surface area contributed by atoms with Crippen molar-refractivity contribution >= 4 is 5.97 Å². The van der Waals surface area contributed by atoms with Crippen LogP contribution in [-0.2, 0) is 0 Å². The largest absolute Gasteiger partial charge is 0.476 e. The molecule has 116 valence electrons. The molecule has 0 spiro atoms. The normalized spacial score (nSPS) is 10.7. The molecule has 1 heterocycles. The Hall–Kier alpha value is -2.47. The van der Waals surface area contributed by atoms with Crippen LogP contribution in [0.25, 0.3) is 11.1 Å². The van der Waals surface area contributed by atoms with E-state index in [1.807, 2.05) is 50.2 Å². The summed E-state index contributed by atoms with van der Waals surface area (Å²) in [7, 11) is 3.85. The molecular formula is C16H19N3O3. The molecule has 22 heavy (non-hydrogen) atoms. The number of carboxylic acid groups (broad SMARTS) is 1. The minimum atomic E-state index is -1.10. The van der Waals surface area contributed by atoms with E-state index in [-0.39, 0.29) is 11.7 Å². The smallest absolute Gasteiger partial charge is 0.355 e. The van der Waals surface area contributed by atoms with Crippen LogP contribution in [0.5, 0.6) is 6.01 Å². The fraction of sp³-hybridized carbons (Fsp3) is 0.312. The van der Waals surface area contributed by atoms with E-state index in [1.54, 1.807) is 0 Å². The number of carboxylic acids is 1. The van der Waals surface area contributed by atoms with Gasteiger partial charge in [-0.2, -0.15) is 4.98 Å². The summed E-state index contributed by atoms with van der Waals surface area (Å²) in [5.41, 5.74) is 2.21. The van der Waals surface area contributed by atoms with Crippen LogP contribution in [0.1, 0.15) is 16.1 Å². The van der Waals surface area contributed by atoms with Gasteiger partial charge in [0.15, 0.2) is 5.69 Å². The summed E-state index contributed by atoms with van der Waals surface area (Å²) in [6.45, 7) is 3.02. The van der Waals surface area contributed by atoms with Gasteiger partial charge < -0.3 is 14.7 Å². The number of aromatic carboxylic acids is 1. The topological polar surface area (TPSA) is 75.5 Å². The number of nitrogens with zero attached hydrogens (tertiary/aromatic N) is 3. The molecule has 0 aliphatic rings. The molecule has 1 N–H and O–H groups in total. The van der Waals surface area contributed by atoms with Crippen molar-refractivity contribution in [2.24, 2.45) is 0 Å². The van der Waals surface area contributed by atoms with Gasteiger partial charge >= 0.3 is 12.0 Å². The van der Waals surface area contributed by atoms with Crippen LogP contribution in [0.4, 0.5) is 0 Å². The van der Waals surface area contributed by atoms with Crippen molar-refractivity contribution in [2.75, 3.05) is 27.2 Å². The molecule has 0 bridgehead atoms. The molecule has 0 radical (unpaired) electrons. The average Bonchev–Trinajstić information content (AvgIpc) is 2.47.